The largest absolute Gasteiger partial charge is 0.399 e. The molecular formula is C14H22N2O. The Labute approximate surface area is 104 Å². The number of anilines is 2. The molecule has 0 saturated carbocycles. The summed E-state index contributed by atoms with van der Waals surface area (Å²) in [6, 6.07) is 7.72. The molecule has 0 bridgehead atoms. The summed E-state index contributed by atoms with van der Waals surface area (Å²) in [5, 5.41) is 0. The van der Waals surface area contributed by atoms with Crippen LogP contribution in [0.2, 0.25) is 0 Å². The van der Waals surface area contributed by atoms with E-state index in [4.69, 9.17) is 5.73 Å². The van der Waals surface area contributed by atoms with Gasteiger partial charge in [0.05, 0.1) is 6.54 Å². The number of Topliss-reactive ketones (excluding diaryl/α,β-unsaturated/α-hetero) is 1. The highest BCUT2D eigenvalue weighted by Gasteiger charge is 2.09. The lowest BCUT2D eigenvalue weighted by molar-refractivity contribution is -0.117. The van der Waals surface area contributed by atoms with E-state index in [1.54, 1.807) is 0 Å². The molecule has 1 rings (SSSR count). The highest BCUT2D eigenvalue weighted by molar-refractivity contribution is 5.83. The smallest absolute Gasteiger partial charge is 0.151 e. The lowest BCUT2D eigenvalue weighted by atomic mass is 10.2. The summed E-state index contributed by atoms with van der Waals surface area (Å²) in [6.45, 7) is 5.48. The van der Waals surface area contributed by atoms with Gasteiger partial charge >= 0.3 is 0 Å². The second-order valence-electron chi connectivity index (χ2n) is 4.26. The number of unbranched alkanes of at least 4 members (excludes halogenated alkanes) is 1. The van der Waals surface area contributed by atoms with Crippen molar-refractivity contribution < 1.29 is 4.79 Å². The summed E-state index contributed by atoms with van der Waals surface area (Å²) in [6.07, 6.45) is 2.82. The van der Waals surface area contributed by atoms with Crippen molar-refractivity contribution in [3.8, 4) is 0 Å². The van der Waals surface area contributed by atoms with Crippen molar-refractivity contribution in [2.24, 2.45) is 0 Å². The molecule has 0 atom stereocenters. The van der Waals surface area contributed by atoms with Gasteiger partial charge in [0, 0.05) is 24.3 Å². The summed E-state index contributed by atoms with van der Waals surface area (Å²) in [5.41, 5.74) is 7.50. The maximum atomic E-state index is 11.6. The van der Waals surface area contributed by atoms with Crippen LogP contribution in [0.1, 0.15) is 33.1 Å². The number of nitrogen functional groups attached to an aromatic ring is 1. The summed E-state index contributed by atoms with van der Waals surface area (Å²) < 4.78 is 0. The molecule has 0 radical (unpaired) electrons. The number of carbonyl (C=O) groups excluding carboxylic acids is 1. The van der Waals surface area contributed by atoms with Gasteiger partial charge in [-0.2, -0.15) is 0 Å². The lowest BCUT2D eigenvalue weighted by Crippen LogP contribution is -2.30. The quantitative estimate of drug-likeness (QED) is 0.738. The molecule has 0 aliphatic heterocycles. The van der Waals surface area contributed by atoms with Gasteiger partial charge in [0.1, 0.15) is 0 Å². The van der Waals surface area contributed by atoms with E-state index in [-0.39, 0.29) is 5.78 Å². The predicted molar refractivity (Wildman–Crippen MR) is 73.3 cm³/mol. The molecular weight excluding hydrogens is 212 g/mol. The summed E-state index contributed by atoms with van der Waals surface area (Å²) in [5.74, 6) is 0.276. The van der Waals surface area contributed by atoms with Crippen LogP contribution in [-0.2, 0) is 4.79 Å². The Kier molecular flexibility index (Phi) is 5.53. The third-order valence-electron chi connectivity index (χ3n) is 2.80. The van der Waals surface area contributed by atoms with Crippen LogP contribution in [0.3, 0.4) is 0 Å². The molecule has 2 N–H and O–H groups in total. The molecule has 3 nitrogen and oxygen atoms in total. The van der Waals surface area contributed by atoms with E-state index >= 15 is 0 Å². The summed E-state index contributed by atoms with van der Waals surface area (Å²) >= 11 is 0. The number of nitrogens with two attached hydrogens (primary N) is 1. The van der Waals surface area contributed by atoms with Gasteiger partial charge in [0.15, 0.2) is 5.78 Å². The Morgan fingerprint density at radius 3 is 2.41 bits per heavy atom. The second-order valence-corrected chi connectivity index (χ2v) is 4.26. The summed E-state index contributed by atoms with van der Waals surface area (Å²) in [7, 11) is 0. The molecule has 17 heavy (non-hydrogen) atoms. The molecule has 0 spiro atoms. The van der Waals surface area contributed by atoms with Crippen LogP contribution >= 0.6 is 0 Å². The van der Waals surface area contributed by atoms with Crippen LogP contribution in [0.4, 0.5) is 11.4 Å². The minimum Gasteiger partial charge on any atom is -0.399 e. The van der Waals surface area contributed by atoms with E-state index in [0.29, 0.717) is 13.0 Å². The normalized spacial score (nSPS) is 10.2. The zero-order chi connectivity index (χ0) is 12.7. The van der Waals surface area contributed by atoms with Crippen LogP contribution in [0, 0.1) is 0 Å². The van der Waals surface area contributed by atoms with Crippen LogP contribution in [0.5, 0.6) is 0 Å². The maximum Gasteiger partial charge on any atom is 0.151 e. The highest BCUT2D eigenvalue weighted by atomic mass is 16.1. The first-order chi connectivity index (χ1) is 8.17. The zero-order valence-electron chi connectivity index (χ0n) is 10.8. The maximum absolute atomic E-state index is 11.6. The van der Waals surface area contributed by atoms with E-state index in [2.05, 4.69) is 11.8 Å². The zero-order valence-corrected chi connectivity index (χ0v) is 10.8. The van der Waals surface area contributed by atoms with Crippen molar-refractivity contribution in [3.05, 3.63) is 24.3 Å². The monoisotopic (exact) mass is 234 g/mol. The Bertz CT molecular complexity index is 346. The lowest BCUT2D eigenvalue weighted by Gasteiger charge is -2.24. The first-order valence-corrected chi connectivity index (χ1v) is 6.29. The molecule has 0 unspecified atom stereocenters. The molecule has 1 aromatic rings. The predicted octanol–water partition coefficient (Wildman–Crippen LogP) is 2.85. The van der Waals surface area contributed by atoms with Crippen LogP contribution in [-0.4, -0.2) is 18.9 Å². The van der Waals surface area contributed by atoms with Crippen molar-refractivity contribution in [3.63, 3.8) is 0 Å². The first kappa shape index (κ1) is 13.6. The van der Waals surface area contributed by atoms with Crippen molar-refractivity contribution in [2.75, 3.05) is 23.7 Å². The highest BCUT2D eigenvalue weighted by Crippen LogP contribution is 2.17. The van der Waals surface area contributed by atoms with Gasteiger partial charge in [-0.05, 0) is 30.7 Å². The molecule has 94 valence electrons. The van der Waals surface area contributed by atoms with Gasteiger partial charge in [-0.3, -0.25) is 4.79 Å². The Morgan fingerprint density at radius 2 is 1.88 bits per heavy atom. The molecule has 0 aliphatic carbocycles. The van der Waals surface area contributed by atoms with Crippen molar-refractivity contribution >= 4 is 17.2 Å². The van der Waals surface area contributed by atoms with Gasteiger partial charge in [0.2, 0.25) is 0 Å². The molecule has 0 saturated heterocycles. The standard InChI is InChI=1S/C14H22N2O/c1-3-5-10-16(11-14(17)4-2)13-8-6-12(15)7-9-13/h6-9H,3-5,10-11,15H2,1-2H3. The molecule has 0 aromatic heterocycles. The molecule has 1 aromatic carbocycles. The number of carbonyl (C=O) groups is 1. The van der Waals surface area contributed by atoms with E-state index in [9.17, 15) is 4.79 Å². The average Bonchev–Trinajstić information content (AvgIpc) is 2.35. The molecule has 0 heterocycles. The molecule has 0 aliphatic rings. The van der Waals surface area contributed by atoms with Crippen LogP contribution in [0.15, 0.2) is 24.3 Å². The first-order valence-electron chi connectivity index (χ1n) is 6.29. The number of ketones is 1. The minimum atomic E-state index is 0.276. The van der Waals surface area contributed by atoms with Crippen LogP contribution in [0.25, 0.3) is 0 Å². The van der Waals surface area contributed by atoms with Gasteiger partial charge in [0.25, 0.3) is 0 Å². The molecule has 0 fully saturated rings. The van der Waals surface area contributed by atoms with Crippen molar-refractivity contribution in [1.29, 1.82) is 0 Å². The van der Waals surface area contributed by atoms with Crippen LogP contribution < -0.4 is 10.6 Å². The Morgan fingerprint density at radius 1 is 1.24 bits per heavy atom. The van der Waals surface area contributed by atoms with Gasteiger partial charge in [-0.1, -0.05) is 20.3 Å². The Balaban J connectivity index is 2.74. The number of rotatable bonds is 7. The van der Waals surface area contributed by atoms with E-state index in [1.165, 1.54) is 0 Å². The van der Waals surface area contributed by atoms with Gasteiger partial charge in [-0.15, -0.1) is 0 Å². The molecule has 3 heteroatoms. The van der Waals surface area contributed by atoms with Gasteiger partial charge in [-0.25, -0.2) is 0 Å². The second kappa shape index (κ2) is 6.94. The van der Waals surface area contributed by atoms with Crippen molar-refractivity contribution in [2.45, 2.75) is 33.1 Å². The minimum absolute atomic E-state index is 0.276. The van der Waals surface area contributed by atoms with Gasteiger partial charge < -0.3 is 10.6 Å². The number of hydrogen-bond acceptors (Lipinski definition) is 3. The fraction of sp³-hybridized carbons (Fsp3) is 0.500. The topological polar surface area (TPSA) is 46.3 Å². The van der Waals surface area contributed by atoms with E-state index in [0.717, 1.165) is 30.8 Å². The number of nitrogens with zero attached hydrogens (tertiary/aromatic N) is 1. The number of benzene rings is 1. The average molecular weight is 234 g/mol. The fourth-order valence-electron chi connectivity index (χ4n) is 1.66. The van der Waals surface area contributed by atoms with Crippen molar-refractivity contribution in [1.82, 2.24) is 0 Å². The SMILES string of the molecule is CCCCN(CC(=O)CC)c1ccc(N)cc1. The Hall–Kier alpha value is -1.51. The van der Waals surface area contributed by atoms with E-state index in [1.807, 2.05) is 31.2 Å². The van der Waals surface area contributed by atoms with E-state index < -0.39 is 0 Å². The fourth-order valence-corrected chi connectivity index (χ4v) is 1.66. The summed E-state index contributed by atoms with van der Waals surface area (Å²) in [4.78, 5) is 13.7. The molecule has 0 amide bonds. The third kappa shape index (κ3) is 4.47. The number of hydrogen-bond donors (Lipinski definition) is 1. The third-order valence-corrected chi connectivity index (χ3v) is 2.80.